The number of rotatable bonds is 5. The zero-order chi connectivity index (χ0) is 13.2. The molecule has 0 aromatic carbocycles. The Labute approximate surface area is 102 Å². The van der Waals surface area contributed by atoms with E-state index in [1.165, 1.54) is 19.4 Å². The van der Waals surface area contributed by atoms with Crippen molar-refractivity contribution < 1.29 is 21.8 Å². The van der Waals surface area contributed by atoms with E-state index in [0.29, 0.717) is 0 Å². The molecule has 2 rings (SSSR count). The first-order valence-electron chi connectivity index (χ1n) is 4.87. The molecule has 9 heteroatoms. The molecule has 98 valence electrons. The minimum atomic E-state index is -4.91. The van der Waals surface area contributed by atoms with E-state index < -0.39 is 15.2 Å². The monoisotopic (exact) mass is 275 g/mol. The molecule has 2 aromatic rings. The van der Waals surface area contributed by atoms with Gasteiger partial charge in [-0.25, -0.2) is 9.97 Å². The van der Waals surface area contributed by atoms with Crippen molar-refractivity contribution in [1.82, 2.24) is 15.0 Å². The van der Waals surface area contributed by atoms with Crippen LogP contribution < -0.4 is 0 Å². The van der Waals surface area contributed by atoms with E-state index >= 15 is 0 Å². The van der Waals surface area contributed by atoms with Crippen molar-refractivity contribution in [2.45, 2.75) is 11.6 Å². The Morgan fingerprint density at radius 3 is 2.89 bits per heavy atom. The van der Waals surface area contributed by atoms with Crippen molar-refractivity contribution in [2.75, 3.05) is 13.9 Å². The second kappa shape index (κ2) is 4.96. The fraction of sp³-hybridized carbons (Fsp3) is 0.333. The molecule has 0 atom stereocenters. The van der Waals surface area contributed by atoms with Crippen LogP contribution in [0.15, 0.2) is 17.3 Å². The second-order valence-electron chi connectivity index (χ2n) is 3.38. The van der Waals surface area contributed by atoms with Crippen molar-refractivity contribution in [3.05, 3.63) is 18.1 Å². The van der Waals surface area contributed by atoms with Crippen molar-refractivity contribution in [3.63, 3.8) is 0 Å². The number of nitrogens with zero attached hydrogens (tertiary/aromatic N) is 2. The van der Waals surface area contributed by atoms with Crippen molar-refractivity contribution in [2.24, 2.45) is 0 Å². The van der Waals surface area contributed by atoms with Gasteiger partial charge in [0.05, 0.1) is 5.39 Å². The number of hydrogen-bond donors (Lipinski definition) is 1. The van der Waals surface area contributed by atoms with E-state index in [1.807, 2.05) is 0 Å². The highest BCUT2D eigenvalue weighted by atomic mass is 32.3. The molecule has 0 unspecified atom stereocenters. The summed E-state index contributed by atoms with van der Waals surface area (Å²) in [6, 6.07) is 1.39. The third-order valence-electron chi connectivity index (χ3n) is 2.09. The van der Waals surface area contributed by atoms with Gasteiger partial charge in [0.1, 0.15) is 19.0 Å². The minimum Gasteiger partial charge on any atom is -0.359 e. The lowest BCUT2D eigenvalue weighted by Gasteiger charge is -2.03. The predicted octanol–water partition coefficient (Wildman–Crippen LogP) is 0.737. The quantitative estimate of drug-likeness (QED) is 0.374. The summed E-state index contributed by atoms with van der Waals surface area (Å²) < 4.78 is 44.7. The maximum absolute atomic E-state index is 13.1. The van der Waals surface area contributed by atoms with Gasteiger partial charge in [0, 0.05) is 13.3 Å². The maximum atomic E-state index is 13.1. The molecule has 0 aliphatic carbocycles. The molecule has 18 heavy (non-hydrogen) atoms. The summed E-state index contributed by atoms with van der Waals surface area (Å²) in [5, 5.41) is -0.558. The Morgan fingerprint density at radius 2 is 2.22 bits per heavy atom. The van der Waals surface area contributed by atoms with Crippen LogP contribution in [0.2, 0.25) is 0 Å². The van der Waals surface area contributed by atoms with Gasteiger partial charge in [-0.1, -0.05) is 3.89 Å². The lowest BCUT2D eigenvalue weighted by atomic mass is 10.4. The first kappa shape index (κ1) is 12.9. The van der Waals surface area contributed by atoms with Crippen LogP contribution in [0.25, 0.3) is 11.0 Å². The summed E-state index contributed by atoms with van der Waals surface area (Å²) in [5.41, 5.74) is 0.234. The molecule has 0 bridgehead atoms. The molecule has 2 aromatic heterocycles. The van der Waals surface area contributed by atoms with Crippen molar-refractivity contribution >= 4 is 21.3 Å². The first-order chi connectivity index (χ1) is 8.52. The normalized spacial score (nSPS) is 12.1. The molecule has 2 heterocycles. The summed E-state index contributed by atoms with van der Waals surface area (Å²) in [6.45, 7) is -0.0743. The number of H-pyrrole nitrogens is 1. The van der Waals surface area contributed by atoms with E-state index in [1.54, 1.807) is 0 Å². The van der Waals surface area contributed by atoms with Crippen molar-refractivity contribution in [1.29, 1.82) is 0 Å². The highest BCUT2D eigenvalue weighted by Gasteiger charge is 2.20. The number of hydrogen-bond acceptors (Lipinski definition) is 6. The van der Waals surface area contributed by atoms with Gasteiger partial charge >= 0.3 is 10.2 Å². The van der Waals surface area contributed by atoms with Gasteiger partial charge in [0.25, 0.3) is 0 Å². The largest absolute Gasteiger partial charge is 0.359 e. The van der Waals surface area contributed by atoms with Gasteiger partial charge in [-0.15, -0.1) is 0 Å². The molecular weight excluding hydrogens is 265 g/mol. The van der Waals surface area contributed by atoms with Gasteiger partial charge in [0.15, 0.2) is 10.9 Å². The van der Waals surface area contributed by atoms with E-state index in [4.69, 9.17) is 4.74 Å². The Morgan fingerprint density at radius 1 is 1.44 bits per heavy atom. The third kappa shape index (κ3) is 2.63. The highest BCUT2D eigenvalue weighted by Crippen LogP contribution is 2.20. The van der Waals surface area contributed by atoms with Gasteiger partial charge in [-0.3, -0.25) is 0 Å². The van der Waals surface area contributed by atoms with Crippen LogP contribution in [0.3, 0.4) is 0 Å². The van der Waals surface area contributed by atoms with Gasteiger partial charge in [-0.2, -0.15) is 8.42 Å². The van der Waals surface area contributed by atoms with E-state index in [-0.39, 0.29) is 30.3 Å². The predicted molar refractivity (Wildman–Crippen MR) is 58.8 cm³/mol. The summed E-state index contributed by atoms with van der Waals surface area (Å²) >= 11 is 0. The Kier molecular flexibility index (Phi) is 3.55. The van der Waals surface area contributed by atoms with Crippen LogP contribution in [0.1, 0.15) is 5.82 Å². The van der Waals surface area contributed by atoms with Gasteiger partial charge in [-0.05, 0) is 6.07 Å². The Balaban J connectivity index is 2.44. The maximum Gasteiger partial charge on any atom is 0.350 e. The van der Waals surface area contributed by atoms with Crippen LogP contribution >= 0.6 is 0 Å². The lowest BCUT2D eigenvalue weighted by Crippen LogP contribution is -2.06. The molecule has 0 saturated heterocycles. The average Bonchev–Trinajstić information content (AvgIpc) is 2.74. The number of methoxy groups -OCH3 is 1. The Bertz CT molecular complexity index is 655. The van der Waals surface area contributed by atoms with Gasteiger partial charge < -0.3 is 14.5 Å². The molecule has 7 nitrogen and oxygen atoms in total. The smallest absolute Gasteiger partial charge is 0.350 e. The second-order valence-corrected chi connectivity index (χ2v) is 4.64. The summed E-state index contributed by atoms with van der Waals surface area (Å²) in [7, 11) is -3.47. The zero-order valence-corrected chi connectivity index (χ0v) is 10.2. The van der Waals surface area contributed by atoms with Crippen LogP contribution in [-0.2, 0) is 26.3 Å². The number of halogens is 1. The molecule has 0 saturated carbocycles. The molecule has 1 N–H and O–H groups in total. The molecule has 0 fully saturated rings. The number of fused-ring (bicyclic) bond motifs is 1. The standard InChI is InChI=1S/C9H10FN3O4S/c1-16-5-17-4-7-12-8-6(2-3-11-8)9(13-7)18(10,14)15/h2-3H,4-5H2,1H3,(H,11,12,13). The number of ether oxygens (including phenoxy) is 2. The van der Waals surface area contributed by atoms with Crippen LogP contribution in [0, 0.1) is 0 Å². The molecule has 0 spiro atoms. The lowest BCUT2D eigenvalue weighted by molar-refractivity contribution is -0.0412. The molecule has 0 aliphatic rings. The number of aromatic nitrogens is 3. The molecule has 0 radical (unpaired) electrons. The van der Waals surface area contributed by atoms with Crippen LogP contribution in [0.5, 0.6) is 0 Å². The highest BCUT2D eigenvalue weighted by molar-refractivity contribution is 7.86. The molecular formula is C9H10FN3O4S. The SMILES string of the molecule is COCOCc1nc(S(=O)(=O)F)c2cc[nH]c2n1. The zero-order valence-electron chi connectivity index (χ0n) is 9.38. The van der Waals surface area contributed by atoms with Gasteiger partial charge in [0.2, 0.25) is 0 Å². The Hall–Kier alpha value is -1.58. The topological polar surface area (TPSA) is 94.2 Å². The van der Waals surface area contributed by atoms with E-state index in [0.717, 1.165) is 0 Å². The minimum absolute atomic E-state index is 0.00380. The third-order valence-corrected chi connectivity index (χ3v) is 2.86. The molecule has 0 amide bonds. The van der Waals surface area contributed by atoms with E-state index in [2.05, 4.69) is 19.7 Å². The average molecular weight is 275 g/mol. The van der Waals surface area contributed by atoms with Crippen molar-refractivity contribution in [3.8, 4) is 0 Å². The summed E-state index contributed by atoms with van der Waals surface area (Å²) in [5.74, 6) is 0.0539. The fourth-order valence-electron chi connectivity index (χ4n) is 1.42. The first-order valence-corrected chi connectivity index (χ1v) is 6.26. The fourth-order valence-corrected chi connectivity index (χ4v) is 2.07. The van der Waals surface area contributed by atoms with Crippen LogP contribution in [0.4, 0.5) is 3.89 Å². The van der Waals surface area contributed by atoms with E-state index in [9.17, 15) is 12.3 Å². The molecule has 0 aliphatic heterocycles. The summed E-state index contributed by atoms with van der Waals surface area (Å²) in [6.07, 6.45) is 1.45. The summed E-state index contributed by atoms with van der Waals surface area (Å²) in [4.78, 5) is 10.3. The number of nitrogens with one attached hydrogen (secondary N) is 1. The number of aromatic amines is 1. The van der Waals surface area contributed by atoms with Crippen LogP contribution in [-0.4, -0.2) is 37.3 Å².